The number of benzene rings is 1. The molecule has 0 fully saturated rings. The number of aliphatic hydroxyl groups is 2. The number of hydrogen-bond acceptors (Lipinski definition) is 10. The van der Waals surface area contributed by atoms with Crippen LogP contribution in [-0.4, -0.2) is 63.6 Å². The SMILES string of the molecule is COC(C(C)OS(N)(=O)=O)[C@@H](O)[C@@H](O)n1cnc2c(N[C@H]3CCc4ccccc43)ncnc21. The number of hydrogen-bond donors (Lipinski definition) is 4. The Labute approximate surface area is 190 Å². The summed E-state index contributed by atoms with van der Waals surface area (Å²) in [5.74, 6) is 0.497. The van der Waals surface area contributed by atoms with Crippen LogP contribution >= 0.6 is 0 Å². The van der Waals surface area contributed by atoms with E-state index in [1.54, 1.807) is 0 Å². The van der Waals surface area contributed by atoms with Crippen molar-refractivity contribution in [3.05, 3.63) is 48.0 Å². The van der Waals surface area contributed by atoms with E-state index in [0.717, 1.165) is 12.8 Å². The number of aliphatic hydroxyl groups excluding tert-OH is 2. The van der Waals surface area contributed by atoms with Crippen LogP contribution in [0.3, 0.4) is 0 Å². The van der Waals surface area contributed by atoms with Crippen LogP contribution in [0, 0.1) is 0 Å². The number of aryl methyl sites for hydroxylation is 1. The van der Waals surface area contributed by atoms with Crippen LogP contribution in [0.2, 0.25) is 0 Å². The van der Waals surface area contributed by atoms with E-state index in [0.29, 0.717) is 11.3 Å². The average Bonchev–Trinajstić information content (AvgIpc) is 3.37. The van der Waals surface area contributed by atoms with Crippen molar-refractivity contribution in [2.75, 3.05) is 12.4 Å². The maximum absolute atomic E-state index is 11.2. The highest BCUT2D eigenvalue weighted by Gasteiger charge is 2.35. The molecule has 2 heterocycles. The highest BCUT2D eigenvalue weighted by atomic mass is 32.2. The van der Waals surface area contributed by atoms with Crippen LogP contribution < -0.4 is 10.5 Å². The zero-order chi connectivity index (χ0) is 23.8. The quantitative estimate of drug-likeness (QED) is 0.337. The first-order valence-electron chi connectivity index (χ1n) is 10.3. The number of anilines is 1. The van der Waals surface area contributed by atoms with Gasteiger partial charge in [0, 0.05) is 7.11 Å². The monoisotopic (exact) mass is 478 g/mol. The van der Waals surface area contributed by atoms with Gasteiger partial charge in [-0.2, -0.15) is 8.42 Å². The van der Waals surface area contributed by atoms with E-state index in [2.05, 4.69) is 36.6 Å². The predicted molar refractivity (Wildman–Crippen MR) is 118 cm³/mol. The van der Waals surface area contributed by atoms with E-state index in [1.165, 1.54) is 42.4 Å². The molecular formula is C20H26N6O6S. The highest BCUT2D eigenvalue weighted by Crippen LogP contribution is 2.34. The Morgan fingerprint density at radius 3 is 2.73 bits per heavy atom. The lowest BCUT2D eigenvalue weighted by atomic mass is 10.1. The fraction of sp³-hybridized carbons (Fsp3) is 0.450. The predicted octanol–water partition coefficient (Wildman–Crippen LogP) is 0.401. The van der Waals surface area contributed by atoms with Gasteiger partial charge in [0.1, 0.15) is 24.6 Å². The number of rotatable bonds is 9. The zero-order valence-corrected chi connectivity index (χ0v) is 18.9. The Bertz CT molecular complexity index is 1230. The summed E-state index contributed by atoms with van der Waals surface area (Å²) < 4.78 is 33.6. The van der Waals surface area contributed by atoms with Crippen LogP contribution in [0.1, 0.15) is 36.7 Å². The van der Waals surface area contributed by atoms with Gasteiger partial charge in [-0.1, -0.05) is 24.3 Å². The van der Waals surface area contributed by atoms with Crippen molar-refractivity contribution in [3.63, 3.8) is 0 Å². The Kier molecular flexibility index (Phi) is 6.61. The molecule has 4 rings (SSSR count). The minimum atomic E-state index is -4.29. The summed E-state index contributed by atoms with van der Waals surface area (Å²) >= 11 is 0. The maximum Gasteiger partial charge on any atom is 0.333 e. The van der Waals surface area contributed by atoms with Crippen molar-refractivity contribution >= 4 is 27.3 Å². The summed E-state index contributed by atoms with van der Waals surface area (Å²) in [5.41, 5.74) is 3.17. The summed E-state index contributed by atoms with van der Waals surface area (Å²) in [4.78, 5) is 12.8. The second-order valence-corrected chi connectivity index (χ2v) is 9.06. The number of aromatic nitrogens is 4. The average molecular weight is 479 g/mol. The van der Waals surface area contributed by atoms with Gasteiger partial charge in [-0.25, -0.2) is 20.1 Å². The molecule has 33 heavy (non-hydrogen) atoms. The number of imidazole rings is 1. The summed E-state index contributed by atoms with van der Waals surface area (Å²) in [6.07, 6.45) is -1.02. The number of ether oxygens (including phenoxy) is 1. The zero-order valence-electron chi connectivity index (χ0n) is 18.1. The van der Waals surface area contributed by atoms with Gasteiger partial charge in [0.25, 0.3) is 0 Å². The molecule has 1 aromatic carbocycles. The molecule has 2 unspecified atom stereocenters. The molecule has 1 aliphatic carbocycles. The fourth-order valence-corrected chi connectivity index (χ4v) is 4.77. The molecule has 0 saturated carbocycles. The van der Waals surface area contributed by atoms with E-state index < -0.39 is 34.8 Å². The van der Waals surface area contributed by atoms with Gasteiger partial charge in [-0.05, 0) is 30.9 Å². The van der Waals surface area contributed by atoms with Crippen LogP contribution in [0.15, 0.2) is 36.9 Å². The lowest BCUT2D eigenvalue weighted by Gasteiger charge is -2.29. The van der Waals surface area contributed by atoms with Crippen LogP contribution in [0.4, 0.5) is 5.82 Å². The number of nitrogens with two attached hydrogens (primary N) is 1. The minimum Gasteiger partial charge on any atom is -0.386 e. The van der Waals surface area contributed by atoms with Crippen molar-refractivity contribution in [2.24, 2.45) is 5.14 Å². The third-order valence-electron chi connectivity index (χ3n) is 5.75. The maximum atomic E-state index is 11.2. The summed E-state index contributed by atoms with van der Waals surface area (Å²) in [6, 6.07) is 8.25. The molecule has 5 atom stereocenters. The molecular weight excluding hydrogens is 452 g/mol. The lowest BCUT2D eigenvalue weighted by Crippen LogP contribution is -2.45. The molecule has 0 saturated heterocycles. The standard InChI is InChI=1S/C20H26N6O6S/c1-11(32-33(21,29)30)17(31-2)16(27)20(28)26-10-24-15-18(22-9-23-19(15)26)25-14-8-7-12-5-3-4-6-13(12)14/h3-6,9-11,14,16-17,20,27-28H,7-8H2,1-2H3,(H2,21,29,30)(H,22,23,25)/t11?,14-,16+,17?,20+/m0/s1. The van der Waals surface area contributed by atoms with Gasteiger partial charge in [0.15, 0.2) is 23.2 Å². The molecule has 1 aliphatic rings. The van der Waals surface area contributed by atoms with E-state index in [1.807, 2.05) is 12.1 Å². The second-order valence-electron chi connectivity index (χ2n) is 7.88. The van der Waals surface area contributed by atoms with Gasteiger partial charge < -0.3 is 20.3 Å². The molecule has 0 amide bonds. The minimum absolute atomic E-state index is 0.0639. The molecule has 13 heteroatoms. The van der Waals surface area contributed by atoms with Gasteiger partial charge in [0.05, 0.1) is 12.4 Å². The summed E-state index contributed by atoms with van der Waals surface area (Å²) in [7, 11) is -3.04. The summed E-state index contributed by atoms with van der Waals surface area (Å²) in [6.45, 7) is 1.35. The largest absolute Gasteiger partial charge is 0.386 e. The normalized spacial score (nSPS) is 19.7. The Morgan fingerprint density at radius 1 is 1.24 bits per heavy atom. The summed E-state index contributed by atoms with van der Waals surface area (Å²) in [5, 5.41) is 29.8. The van der Waals surface area contributed by atoms with Crippen molar-refractivity contribution in [3.8, 4) is 0 Å². The van der Waals surface area contributed by atoms with E-state index in [9.17, 15) is 18.6 Å². The molecule has 0 radical (unpaired) electrons. The van der Waals surface area contributed by atoms with Gasteiger partial charge >= 0.3 is 10.3 Å². The van der Waals surface area contributed by atoms with Crippen LogP contribution in [-0.2, 0) is 25.6 Å². The molecule has 12 nitrogen and oxygen atoms in total. The number of nitrogens with zero attached hydrogens (tertiary/aromatic N) is 4. The molecule has 2 aromatic heterocycles. The van der Waals surface area contributed by atoms with Crippen molar-refractivity contribution in [1.82, 2.24) is 19.5 Å². The van der Waals surface area contributed by atoms with E-state index in [4.69, 9.17) is 9.88 Å². The molecule has 178 valence electrons. The molecule has 0 bridgehead atoms. The molecule has 3 aromatic rings. The van der Waals surface area contributed by atoms with Crippen molar-refractivity contribution in [1.29, 1.82) is 0 Å². The van der Waals surface area contributed by atoms with Gasteiger partial charge in [-0.15, -0.1) is 0 Å². The number of nitrogens with one attached hydrogen (secondary N) is 1. The first kappa shape index (κ1) is 23.5. The molecule has 0 aliphatic heterocycles. The number of methoxy groups -OCH3 is 1. The van der Waals surface area contributed by atoms with Crippen LogP contribution in [0.25, 0.3) is 11.2 Å². The van der Waals surface area contributed by atoms with Crippen molar-refractivity contribution < 1.29 is 27.6 Å². The Morgan fingerprint density at radius 2 is 2.00 bits per heavy atom. The van der Waals surface area contributed by atoms with Crippen LogP contribution in [0.5, 0.6) is 0 Å². The van der Waals surface area contributed by atoms with Crippen molar-refractivity contribution in [2.45, 2.75) is 50.3 Å². The third kappa shape index (κ3) is 4.83. The van der Waals surface area contributed by atoms with Gasteiger partial charge in [-0.3, -0.25) is 8.75 Å². The lowest BCUT2D eigenvalue weighted by molar-refractivity contribution is -0.129. The number of fused-ring (bicyclic) bond motifs is 2. The first-order chi connectivity index (χ1) is 15.7. The smallest absolute Gasteiger partial charge is 0.333 e. The Hall–Kier alpha value is -2.68. The van der Waals surface area contributed by atoms with E-state index in [-0.39, 0.29) is 11.7 Å². The third-order valence-corrected chi connectivity index (χ3v) is 6.32. The first-order valence-corrected chi connectivity index (χ1v) is 11.8. The Balaban J connectivity index is 1.58. The van der Waals surface area contributed by atoms with Gasteiger partial charge in [0.2, 0.25) is 0 Å². The fourth-order valence-electron chi connectivity index (χ4n) is 4.23. The highest BCUT2D eigenvalue weighted by molar-refractivity contribution is 7.84. The second kappa shape index (κ2) is 9.29. The topological polar surface area (TPSA) is 175 Å². The van der Waals surface area contributed by atoms with E-state index >= 15 is 0 Å². The molecule has 5 N–H and O–H groups in total. The molecule has 0 spiro atoms.